The van der Waals surface area contributed by atoms with Gasteiger partial charge in [0.15, 0.2) is 0 Å². The van der Waals surface area contributed by atoms with Crippen molar-refractivity contribution >= 4 is 26.0 Å². The highest BCUT2D eigenvalue weighted by Crippen LogP contribution is 2.15. The molecule has 0 aliphatic carbocycles. The van der Waals surface area contributed by atoms with Gasteiger partial charge in [0.25, 0.3) is 0 Å². The van der Waals surface area contributed by atoms with Crippen molar-refractivity contribution in [2.75, 3.05) is 13.6 Å². The van der Waals surface area contributed by atoms with Gasteiger partial charge in [-0.3, -0.25) is 0 Å². The summed E-state index contributed by atoms with van der Waals surface area (Å²) in [5.41, 5.74) is 0. The van der Waals surface area contributed by atoms with E-state index in [0.29, 0.717) is 11.1 Å². The summed E-state index contributed by atoms with van der Waals surface area (Å²) >= 11 is 3.17. The number of nitrogens with zero attached hydrogens (tertiary/aromatic N) is 2. The van der Waals surface area contributed by atoms with E-state index < -0.39 is 10.0 Å². The van der Waals surface area contributed by atoms with Crippen LogP contribution in [0.1, 0.15) is 19.8 Å². The molecule has 0 amide bonds. The maximum Gasteiger partial charge on any atom is 0.244 e. The Labute approximate surface area is 105 Å². The van der Waals surface area contributed by atoms with E-state index in [1.807, 2.05) is 6.92 Å². The molecular formula is C10H15BrN2O2S. The molecule has 0 spiro atoms. The second-order valence-electron chi connectivity index (χ2n) is 3.50. The first-order chi connectivity index (χ1) is 7.48. The van der Waals surface area contributed by atoms with E-state index in [-0.39, 0.29) is 4.90 Å². The highest BCUT2D eigenvalue weighted by molar-refractivity contribution is 9.10. The van der Waals surface area contributed by atoms with Crippen molar-refractivity contribution in [3.63, 3.8) is 0 Å². The summed E-state index contributed by atoms with van der Waals surface area (Å²) in [5, 5.41) is 0. The number of pyridine rings is 1. The summed E-state index contributed by atoms with van der Waals surface area (Å²) in [6.07, 6.45) is 3.19. The van der Waals surface area contributed by atoms with Gasteiger partial charge in [0.1, 0.15) is 9.50 Å². The Morgan fingerprint density at radius 2 is 2.12 bits per heavy atom. The molecule has 4 nitrogen and oxygen atoms in total. The monoisotopic (exact) mass is 306 g/mol. The molecule has 0 N–H and O–H groups in total. The first-order valence-electron chi connectivity index (χ1n) is 5.06. The first-order valence-corrected chi connectivity index (χ1v) is 7.29. The lowest BCUT2D eigenvalue weighted by Crippen LogP contribution is -2.27. The van der Waals surface area contributed by atoms with Gasteiger partial charge in [0.05, 0.1) is 0 Å². The molecule has 0 radical (unpaired) electrons. The molecule has 0 bridgehead atoms. The number of hydrogen-bond donors (Lipinski definition) is 0. The van der Waals surface area contributed by atoms with Crippen molar-refractivity contribution < 1.29 is 8.42 Å². The van der Waals surface area contributed by atoms with Crippen molar-refractivity contribution in [1.29, 1.82) is 0 Å². The van der Waals surface area contributed by atoms with Crippen molar-refractivity contribution in [3.8, 4) is 0 Å². The largest absolute Gasteiger partial charge is 0.248 e. The van der Waals surface area contributed by atoms with Gasteiger partial charge in [0, 0.05) is 19.8 Å². The number of unbranched alkanes of at least 4 members (excludes halogenated alkanes) is 1. The van der Waals surface area contributed by atoms with E-state index in [2.05, 4.69) is 20.9 Å². The van der Waals surface area contributed by atoms with Gasteiger partial charge in [-0.05, 0) is 34.5 Å². The predicted octanol–water partition coefficient (Wildman–Crippen LogP) is 2.26. The minimum Gasteiger partial charge on any atom is -0.248 e. The molecule has 90 valence electrons. The van der Waals surface area contributed by atoms with E-state index in [4.69, 9.17) is 0 Å². The van der Waals surface area contributed by atoms with Crippen LogP contribution in [-0.2, 0) is 10.0 Å². The van der Waals surface area contributed by atoms with Gasteiger partial charge in [-0.15, -0.1) is 0 Å². The van der Waals surface area contributed by atoms with E-state index in [1.165, 1.54) is 10.5 Å². The molecule has 1 heterocycles. The van der Waals surface area contributed by atoms with Crippen LogP contribution in [0.15, 0.2) is 27.8 Å². The minimum absolute atomic E-state index is 0.231. The molecule has 0 unspecified atom stereocenters. The van der Waals surface area contributed by atoms with E-state index in [1.54, 1.807) is 19.2 Å². The number of sulfonamides is 1. The molecule has 1 rings (SSSR count). The fourth-order valence-corrected chi connectivity index (χ4v) is 2.59. The van der Waals surface area contributed by atoms with Gasteiger partial charge in [0.2, 0.25) is 10.0 Å². The summed E-state index contributed by atoms with van der Waals surface area (Å²) < 4.78 is 26.0. The summed E-state index contributed by atoms with van der Waals surface area (Å²) in [6.45, 7) is 2.57. The predicted molar refractivity (Wildman–Crippen MR) is 66.7 cm³/mol. The molecule has 0 fully saturated rings. The van der Waals surface area contributed by atoms with Crippen molar-refractivity contribution in [3.05, 3.63) is 22.9 Å². The third-order valence-corrected chi connectivity index (χ3v) is 4.54. The summed E-state index contributed by atoms with van der Waals surface area (Å²) in [5.74, 6) is 0. The zero-order valence-corrected chi connectivity index (χ0v) is 11.8. The van der Waals surface area contributed by atoms with Gasteiger partial charge in [-0.1, -0.05) is 13.3 Å². The molecule has 1 aromatic rings. The van der Waals surface area contributed by atoms with Gasteiger partial charge >= 0.3 is 0 Å². The number of halogens is 1. The Bertz CT molecular complexity index is 431. The highest BCUT2D eigenvalue weighted by atomic mass is 79.9. The van der Waals surface area contributed by atoms with Crippen LogP contribution in [0.5, 0.6) is 0 Å². The fourth-order valence-electron chi connectivity index (χ4n) is 1.20. The third kappa shape index (κ3) is 3.26. The molecule has 0 saturated heterocycles. The zero-order valence-electron chi connectivity index (χ0n) is 9.35. The van der Waals surface area contributed by atoms with Crippen LogP contribution >= 0.6 is 15.9 Å². The molecule has 0 aliphatic rings. The van der Waals surface area contributed by atoms with Gasteiger partial charge in [-0.25, -0.2) is 17.7 Å². The Morgan fingerprint density at radius 1 is 1.44 bits per heavy atom. The van der Waals surface area contributed by atoms with Crippen LogP contribution in [0.2, 0.25) is 0 Å². The molecule has 0 aromatic carbocycles. The minimum atomic E-state index is -3.38. The smallest absolute Gasteiger partial charge is 0.244 e. The Morgan fingerprint density at radius 3 is 2.62 bits per heavy atom. The molecule has 0 atom stereocenters. The highest BCUT2D eigenvalue weighted by Gasteiger charge is 2.20. The van der Waals surface area contributed by atoms with Crippen LogP contribution in [-0.4, -0.2) is 31.3 Å². The second kappa shape index (κ2) is 5.75. The molecule has 1 aromatic heterocycles. The van der Waals surface area contributed by atoms with E-state index in [0.717, 1.165) is 12.8 Å². The third-order valence-electron chi connectivity index (χ3n) is 2.23. The van der Waals surface area contributed by atoms with Crippen LogP contribution in [0.25, 0.3) is 0 Å². The average Bonchev–Trinajstić information content (AvgIpc) is 2.26. The lowest BCUT2D eigenvalue weighted by atomic mass is 10.3. The number of aromatic nitrogens is 1. The lowest BCUT2D eigenvalue weighted by molar-refractivity contribution is 0.459. The molecule has 0 saturated carbocycles. The maximum atomic E-state index is 12.0. The van der Waals surface area contributed by atoms with Crippen LogP contribution in [0.3, 0.4) is 0 Å². The zero-order chi connectivity index (χ0) is 12.2. The van der Waals surface area contributed by atoms with Crippen LogP contribution in [0.4, 0.5) is 0 Å². The average molecular weight is 307 g/mol. The molecular weight excluding hydrogens is 292 g/mol. The van der Waals surface area contributed by atoms with Crippen LogP contribution < -0.4 is 0 Å². The van der Waals surface area contributed by atoms with Crippen LogP contribution in [0, 0.1) is 0 Å². The quantitative estimate of drug-likeness (QED) is 0.784. The topological polar surface area (TPSA) is 50.3 Å². The van der Waals surface area contributed by atoms with E-state index >= 15 is 0 Å². The van der Waals surface area contributed by atoms with Crippen molar-refractivity contribution in [2.45, 2.75) is 24.7 Å². The second-order valence-corrected chi connectivity index (χ2v) is 6.35. The normalized spacial score (nSPS) is 12.0. The van der Waals surface area contributed by atoms with Crippen molar-refractivity contribution in [1.82, 2.24) is 9.29 Å². The van der Waals surface area contributed by atoms with Gasteiger partial charge in [-0.2, -0.15) is 0 Å². The van der Waals surface area contributed by atoms with Gasteiger partial charge < -0.3 is 0 Å². The first kappa shape index (κ1) is 13.6. The fraction of sp³-hybridized carbons (Fsp3) is 0.500. The Balaban J connectivity index is 2.89. The number of rotatable bonds is 5. The number of hydrogen-bond acceptors (Lipinski definition) is 3. The Kier molecular flexibility index (Phi) is 4.89. The molecule has 16 heavy (non-hydrogen) atoms. The van der Waals surface area contributed by atoms with E-state index in [9.17, 15) is 8.42 Å². The Hall–Kier alpha value is -0.460. The SMILES string of the molecule is CCCCN(C)S(=O)(=O)c1ccc(Br)nc1. The maximum absolute atomic E-state index is 12.0. The summed E-state index contributed by atoms with van der Waals surface area (Å²) in [4.78, 5) is 4.15. The standard InChI is InChI=1S/C10H15BrN2O2S/c1-3-4-7-13(2)16(14,15)9-5-6-10(11)12-8-9/h5-6,8H,3-4,7H2,1-2H3. The molecule has 6 heteroatoms. The molecule has 0 aliphatic heterocycles. The summed E-state index contributed by atoms with van der Waals surface area (Å²) in [7, 11) is -1.79. The lowest BCUT2D eigenvalue weighted by Gasteiger charge is -2.16. The summed E-state index contributed by atoms with van der Waals surface area (Å²) in [6, 6.07) is 3.18. The van der Waals surface area contributed by atoms with Crippen molar-refractivity contribution in [2.24, 2.45) is 0 Å².